The van der Waals surface area contributed by atoms with Crippen molar-refractivity contribution in [3.63, 3.8) is 0 Å². The summed E-state index contributed by atoms with van der Waals surface area (Å²) in [5.74, 6) is 0.0628. The number of anilines is 1. The second-order valence-electron chi connectivity index (χ2n) is 6.26. The van der Waals surface area contributed by atoms with Crippen LogP contribution in [0.3, 0.4) is 0 Å². The Balaban J connectivity index is 1.39. The molecule has 0 fully saturated rings. The Kier molecular flexibility index (Phi) is 6.84. The van der Waals surface area contributed by atoms with Crippen molar-refractivity contribution in [2.75, 3.05) is 25.3 Å². The maximum atomic E-state index is 11.9. The first-order valence-corrected chi connectivity index (χ1v) is 9.03. The Morgan fingerprint density at radius 2 is 1.90 bits per heavy atom. The van der Waals surface area contributed by atoms with Crippen molar-refractivity contribution >= 4 is 23.3 Å². The van der Waals surface area contributed by atoms with Gasteiger partial charge in [-0.3, -0.25) is 4.79 Å². The average molecular weight is 409 g/mol. The van der Waals surface area contributed by atoms with Crippen molar-refractivity contribution in [3.05, 3.63) is 53.6 Å². The van der Waals surface area contributed by atoms with Crippen LogP contribution in [0.1, 0.15) is 18.1 Å². The Labute approximate surface area is 172 Å². The molecule has 1 heterocycles. The van der Waals surface area contributed by atoms with Gasteiger partial charge in [-0.1, -0.05) is 17.3 Å². The number of hydrogen-bond donors (Lipinski definition) is 1. The molecule has 2 aromatic carbocycles. The van der Waals surface area contributed by atoms with Crippen molar-refractivity contribution < 1.29 is 28.6 Å². The largest absolute Gasteiger partial charge is 0.454 e. The van der Waals surface area contributed by atoms with E-state index in [-0.39, 0.29) is 6.79 Å². The summed E-state index contributed by atoms with van der Waals surface area (Å²) >= 11 is 0. The summed E-state index contributed by atoms with van der Waals surface area (Å²) in [4.78, 5) is 28.6. The number of benzene rings is 2. The first kappa shape index (κ1) is 20.7. The van der Waals surface area contributed by atoms with Gasteiger partial charge in [-0.25, -0.2) is 4.79 Å². The van der Waals surface area contributed by atoms with Crippen LogP contribution in [0.25, 0.3) is 0 Å². The highest BCUT2D eigenvalue weighted by atomic mass is 16.7. The molecular weight excluding hydrogens is 390 g/mol. The van der Waals surface area contributed by atoms with Crippen LogP contribution in [0, 0.1) is 11.3 Å². The molecule has 3 rings (SSSR count). The number of ether oxygens (including phenoxy) is 3. The molecule has 0 unspecified atom stereocenters. The summed E-state index contributed by atoms with van der Waals surface area (Å²) in [6.07, 6.45) is 0.294. The molecule has 0 saturated heterocycles. The van der Waals surface area contributed by atoms with Gasteiger partial charge in [-0.05, 0) is 42.8 Å². The lowest BCUT2D eigenvalue weighted by atomic mass is 10.1. The van der Waals surface area contributed by atoms with E-state index >= 15 is 0 Å². The van der Waals surface area contributed by atoms with Crippen LogP contribution in [0.15, 0.2) is 47.6 Å². The molecule has 0 atom stereocenters. The zero-order valence-electron chi connectivity index (χ0n) is 16.2. The highest BCUT2D eigenvalue weighted by Crippen LogP contribution is 2.32. The van der Waals surface area contributed by atoms with Gasteiger partial charge in [0.25, 0.3) is 5.91 Å². The second-order valence-corrected chi connectivity index (χ2v) is 6.26. The molecule has 1 aliphatic rings. The third kappa shape index (κ3) is 5.72. The molecule has 0 aromatic heterocycles. The van der Waals surface area contributed by atoms with Crippen LogP contribution < -0.4 is 14.8 Å². The molecule has 0 spiro atoms. The van der Waals surface area contributed by atoms with E-state index in [1.54, 1.807) is 49.4 Å². The van der Waals surface area contributed by atoms with Crippen LogP contribution >= 0.6 is 0 Å². The molecule has 0 saturated carbocycles. The third-order valence-electron chi connectivity index (χ3n) is 4.06. The zero-order valence-corrected chi connectivity index (χ0v) is 16.2. The van der Waals surface area contributed by atoms with Crippen molar-refractivity contribution in [2.24, 2.45) is 5.16 Å². The number of hydrogen-bond acceptors (Lipinski definition) is 8. The summed E-state index contributed by atoms with van der Waals surface area (Å²) in [7, 11) is 0. The van der Waals surface area contributed by atoms with E-state index in [1.807, 2.05) is 6.07 Å². The molecular formula is C21H19N3O6. The van der Waals surface area contributed by atoms with Crippen molar-refractivity contribution in [3.8, 4) is 17.6 Å². The maximum Gasteiger partial charge on any atom is 0.347 e. The van der Waals surface area contributed by atoms with E-state index in [1.165, 1.54) is 0 Å². The summed E-state index contributed by atoms with van der Waals surface area (Å²) < 4.78 is 15.4. The van der Waals surface area contributed by atoms with E-state index in [9.17, 15) is 9.59 Å². The van der Waals surface area contributed by atoms with Crippen LogP contribution in [0.4, 0.5) is 5.69 Å². The van der Waals surface area contributed by atoms with Gasteiger partial charge in [0.15, 0.2) is 18.1 Å². The van der Waals surface area contributed by atoms with E-state index in [4.69, 9.17) is 24.3 Å². The predicted octanol–water partition coefficient (Wildman–Crippen LogP) is 2.40. The SMILES string of the molecule is C/C(=N/OCC(=O)OCC(=O)Nc1ccc(CC#N)cc1)c1ccc2c(c1)OCO2. The summed E-state index contributed by atoms with van der Waals surface area (Å²) in [5, 5.41) is 15.1. The van der Waals surface area contributed by atoms with Gasteiger partial charge in [0.1, 0.15) is 0 Å². The number of amides is 1. The number of nitrogens with zero attached hydrogens (tertiary/aromatic N) is 2. The highest BCUT2D eigenvalue weighted by Gasteiger charge is 2.14. The molecule has 9 heteroatoms. The number of oxime groups is 1. The topological polar surface area (TPSA) is 119 Å². The van der Waals surface area contributed by atoms with Crippen molar-refractivity contribution in [1.29, 1.82) is 5.26 Å². The van der Waals surface area contributed by atoms with Gasteiger partial charge in [0.2, 0.25) is 13.4 Å². The lowest BCUT2D eigenvalue weighted by Crippen LogP contribution is -2.22. The molecule has 0 radical (unpaired) electrons. The number of carbonyl (C=O) groups is 2. The predicted molar refractivity (Wildman–Crippen MR) is 106 cm³/mol. The second kappa shape index (κ2) is 9.93. The van der Waals surface area contributed by atoms with Gasteiger partial charge >= 0.3 is 5.97 Å². The molecule has 0 aliphatic carbocycles. The minimum atomic E-state index is -0.725. The first-order valence-electron chi connectivity index (χ1n) is 9.03. The fourth-order valence-corrected chi connectivity index (χ4v) is 2.54. The summed E-state index contributed by atoms with van der Waals surface area (Å²) in [5.41, 5.74) is 2.68. The minimum absolute atomic E-state index is 0.178. The first-order chi connectivity index (χ1) is 14.5. The fraction of sp³-hybridized carbons (Fsp3) is 0.238. The van der Waals surface area contributed by atoms with Crippen LogP contribution in [0.2, 0.25) is 0 Å². The van der Waals surface area contributed by atoms with E-state index in [0.29, 0.717) is 29.3 Å². The monoisotopic (exact) mass is 409 g/mol. The van der Waals surface area contributed by atoms with Gasteiger partial charge < -0.3 is 24.4 Å². The molecule has 154 valence electrons. The van der Waals surface area contributed by atoms with Crippen LogP contribution in [0.5, 0.6) is 11.5 Å². The van der Waals surface area contributed by atoms with Gasteiger partial charge in [0.05, 0.1) is 18.2 Å². The summed E-state index contributed by atoms with van der Waals surface area (Å²) in [6, 6.07) is 14.2. The third-order valence-corrected chi connectivity index (χ3v) is 4.06. The molecule has 0 bridgehead atoms. The van der Waals surface area contributed by atoms with Crippen molar-refractivity contribution in [1.82, 2.24) is 0 Å². The summed E-state index contributed by atoms with van der Waals surface area (Å²) in [6.45, 7) is 1.01. The molecule has 30 heavy (non-hydrogen) atoms. The molecule has 1 amide bonds. The van der Waals surface area contributed by atoms with E-state index in [2.05, 4.69) is 10.5 Å². The van der Waals surface area contributed by atoms with Gasteiger partial charge in [-0.2, -0.15) is 5.26 Å². The molecule has 1 aliphatic heterocycles. The number of nitriles is 1. The molecule has 2 aromatic rings. The minimum Gasteiger partial charge on any atom is -0.454 e. The number of nitrogens with one attached hydrogen (secondary N) is 1. The normalized spacial score (nSPS) is 12.1. The fourth-order valence-electron chi connectivity index (χ4n) is 2.54. The Bertz CT molecular complexity index is 995. The maximum absolute atomic E-state index is 11.9. The van der Waals surface area contributed by atoms with Gasteiger partial charge in [0, 0.05) is 11.3 Å². The Morgan fingerprint density at radius 3 is 2.67 bits per heavy atom. The standard InChI is InChI=1S/C21H19N3O6/c1-14(16-4-7-18-19(10-16)29-13-28-18)24-30-12-21(26)27-11-20(25)23-17-5-2-15(3-6-17)8-9-22/h2-7,10H,8,11-13H2,1H3,(H,23,25)/b24-14-. The number of esters is 1. The lowest BCUT2D eigenvalue weighted by Gasteiger charge is -2.07. The zero-order chi connectivity index (χ0) is 21.3. The molecule has 9 nitrogen and oxygen atoms in total. The average Bonchev–Trinajstić information content (AvgIpc) is 3.22. The quantitative estimate of drug-likeness (QED) is 0.404. The van der Waals surface area contributed by atoms with E-state index < -0.39 is 25.1 Å². The highest BCUT2D eigenvalue weighted by molar-refractivity contribution is 5.99. The van der Waals surface area contributed by atoms with Crippen LogP contribution in [-0.4, -0.2) is 37.6 Å². The Hall–Kier alpha value is -4.06. The smallest absolute Gasteiger partial charge is 0.347 e. The van der Waals surface area contributed by atoms with E-state index in [0.717, 1.165) is 11.1 Å². The molecule has 1 N–H and O–H groups in total. The van der Waals surface area contributed by atoms with Crippen LogP contribution in [-0.2, 0) is 25.6 Å². The van der Waals surface area contributed by atoms with Gasteiger partial charge in [-0.15, -0.1) is 0 Å². The number of rotatable bonds is 8. The lowest BCUT2D eigenvalue weighted by molar-refractivity contribution is -0.151. The number of carbonyl (C=O) groups excluding carboxylic acids is 2. The Morgan fingerprint density at radius 1 is 1.13 bits per heavy atom. The number of fused-ring (bicyclic) bond motifs is 1. The van der Waals surface area contributed by atoms with Crippen molar-refractivity contribution in [2.45, 2.75) is 13.3 Å².